The third-order valence-corrected chi connectivity index (χ3v) is 9.18. The van der Waals surface area contributed by atoms with E-state index in [0.717, 1.165) is 63.4 Å². The maximum absolute atomic E-state index is 12.9. The van der Waals surface area contributed by atoms with Gasteiger partial charge in [-0.05, 0) is 48.6 Å². The predicted octanol–water partition coefficient (Wildman–Crippen LogP) is 5.23. The lowest BCUT2D eigenvalue weighted by Gasteiger charge is -2.36. The molecule has 0 spiro atoms. The van der Waals surface area contributed by atoms with Crippen LogP contribution in [0.5, 0.6) is 0 Å². The Kier molecular flexibility index (Phi) is 7.77. The number of benzene rings is 1. The summed E-state index contributed by atoms with van der Waals surface area (Å²) in [5.74, 6) is 0.627. The molecule has 1 amide bonds. The third-order valence-electron chi connectivity index (χ3n) is 8.01. The van der Waals surface area contributed by atoms with Crippen molar-refractivity contribution in [3.63, 3.8) is 0 Å². The zero-order valence-corrected chi connectivity index (χ0v) is 21.9. The van der Waals surface area contributed by atoms with Gasteiger partial charge >= 0.3 is 0 Å². The van der Waals surface area contributed by atoms with Crippen LogP contribution in [0.1, 0.15) is 60.7 Å². The molecule has 1 N–H and O–H groups in total. The summed E-state index contributed by atoms with van der Waals surface area (Å²) in [7, 11) is 0. The lowest BCUT2D eigenvalue weighted by atomic mass is 9.69. The molecule has 1 aliphatic heterocycles. The average molecular weight is 479 g/mol. The quantitative estimate of drug-likeness (QED) is 0.592. The van der Waals surface area contributed by atoms with E-state index in [1.807, 2.05) is 0 Å². The van der Waals surface area contributed by atoms with Crippen LogP contribution in [-0.2, 0) is 24.2 Å². The maximum Gasteiger partial charge on any atom is 0.239 e. The minimum Gasteiger partial charge on any atom is -0.315 e. The number of amides is 1. The highest BCUT2D eigenvalue weighted by atomic mass is 32.1. The number of aryl methyl sites for hydroxylation is 1. The maximum atomic E-state index is 12.9. The van der Waals surface area contributed by atoms with E-state index < -0.39 is 0 Å². The number of carbonyl (C=O) groups excluding carboxylic acids is 1. The van der Waals surface area contributed by atoms with Crippen LogP contribution >= 0.6 is 11.3 Å². The van der Waals surface area contributed by atoms with Gasteiger partial charge in [-0.25, -0.2) is 0 Å². The first-order chi connectivity index (χ1) is 16.3. The molecule has 0 bridgehead atoms. The summed E-state index contributed by atoms with van der Waals surface area (Å²) in [5.41, 5.74) is 4.81. The number of carbonyl (C=O) groups is 1. The Morgan fingerprint density at radius 2 is 1.85 bits per heavy atom. The Hall–Kier alpha value is -2.20. The van der Waals surface area contributed by atoms with E-state index in [4.69, 9.17) is 0 Å². The lowest BCUT2D eigenvalue weighted by Crippen LogP contribution is -2.48. The van der Waals surface area contributed by atoms with Crippen LogP contribution < -0.4 is 5.32 Å². The van der Waals surface area contributed by atoms with Gasteiger partial charge < -0.3 is 5.32 Å². The molecule has 0 saturated carbocycles. The van der Waals surface area contributed by atoms with Crippen molar-refractivity contribution < 1.29 is 4.79 Å². The highest BCUT2D eigenvalue weighted by Crippen LogP contribution is 2.45. The zero-order valence-electron chi connectivity index (χ0n) is 21.1. The van der Waals surface area contributed by atoms with Crippen molar-refractivity contribution in [2.45, 2.75) is 59.9 Å². The SMILES string of the molecule is CCC(C)(C)C1CCc2c(sc(NC(=O)CN3CCN(Cc4ccc(C)cc4)CC3)c2C#N)C1. The van der Waals surface area contributed by atoms with E-state index >= 15 is 0 Å². The molecule has 1 unspecified atom stereocenters. The van der Waals surface area contributed by atoms with Crippen LogP contribution in [0.25, 0.3) is 0 Å². The van der Waals surface area contributed by atoms with Crippen molar-refractivity contribution in [3.05, 3.63) is 51.4 Å². The lowest BCUT2D eigenvalue weighted by molar-refractivity contribution is -0.117. The van der Waals surface area contributed by atoms with Gasteiger partial charge in [0.05, 0.1) is 12.1 Å². The molecule has 2 heterocycles. The monoisotopic (exact) mass is 478 g/mol. The zero-order chi connectivity index (χ0) is 24.3. The number of hydrogen-bond donors (Lipinski definition) is 1. The van der Waals surface area contributed by atoms with Gasteiger partial charge in [0, 0.05) is 37.6 Å². The topological polar surface area (TPSA) is 59.4 Å². The highest BCUT2D eigenvalue weighted by Gasteiger charge is 2.34. The Bertz CT molecular complexity index is 1040. The second-order valence-electron chi connectivity index (χ2n) is 10.7. The summed E-state index contributed by atoms with van der Waals surface area (Å²) >= 11 is 1.63. The van der Waals surface area contributed by atoms with Gasteiger partial charge in [0.1, 0.15) is 11.1 Å². The summed E-state index contributed by atoms with van der Waals surface area (Å²) in [6.45, 7) is 14.1. The van der Waals surface area contributed by atoms with Gasteiger partial charge in [-0.3, -0.25) is 14.6 Å². The van der Waals surface area contributed by atoms with Crippen LogP contribution in [0.4, 0.5) is 5.00 Å². The van der Waals surface area contributed by atoms with Crippen LogP contribution in [0.15, 0.2) is 24.3 Å². The Morgan fingerprint density at radius 3 is 2.50 bits per heavy atom. The van der Waals surface area contributed by atoms with Crippen LogP contribution in [0.3, 0.4) is 0 Å². The number of piperazine rings is 1. The van der Waals surface area contributed by atoms with Gasteiger partial charge in [-0.1, -0.05) is 57.0 Å². The number of fused-ring (bicyclic) bond motifs is 1. The third kappa shape index (κ3) is 5.71. The van der Waals surface area contributed by atoms with Gasteiger partial charge in [-0.15, -0.1) is 11.3 Å². The highest BCUT2D eigenvalue weighted by molar-refractivity contribution is 7.16. The van der Waals surface area contributed by atoms with Crippen LogP contribution in [0.2, 0.25) is 0 Å². The smallest absolute Gasteiger partial charge is 0.239 e. The van der Waals surface area contributed by atoms with E-state index in [1.54, 1.807) is 11.3 Å². The van der Waals surface area contributed by atoms with E-state index in [1.165, 1.54) is 21.6 Å². The molecule has 1 aromatic heterocycles. The van der Waals surface area contributed by atoms with Crippen molar-refractivity contribution in [1.29, 1.82) is 5.26 Å². The second kappa shape index (κ2) is 10.6. The molecule has 2 aliphatic rings. The second-order valence-corrected chi connectivity index (χ2v) is 11.8. The van der Waals surface area contributed by atoms with Crippen LogP contribution in [-0.4, -0.2) is 48.4 Å². The predicted molar refractivity (Wildman–Crippen MR) is 140 cm³/mol. The molecule has 4 rings (SSSR count). The van der Waals surface area contributed by atoms with E-state index in [2.05, 4.69) is 73.1 Å². The summed E-state index contributed by atoms with van der Waals surface area (Å²) < 4.78 is 0. The number of nitrogens with zero attached hydrogens (tertiary/aromatic N) is 3. The first-order valence-electron chi connectivity index (χ1n) is 12.6. The van der Waals surface area contributed by atoms with Gasteiger partial charge in [0.2, 0.25) is 5.91 Å². The van der Waals surface area contributed by atoms with E-state index in [9.17, 15) is 10.1 Å². The number of hydrogen-bond acceptors (Lipinski definition) is 5. The molecule has 1 aromatic carbocycles. The van der Waals surface area contributed by atoms with E-state index in [-0.39, 0.29) is 5.91 Å². The minimum atomic E-state index is -0.00693. The molecule has 0 radical (unpaired) electrons. The Labute approximate surface area is 208 Å². The fourth-order valence-corrected chi connectivity index (χ4v) is 6.47. The molecule has 5 nitrogen and oxygen atoms in total. The summed E-state index contributed by atoms with van der Waals surface area (Å²) in [4.78, 5) is 18.8. The molecule has 1 fully saturated rings. The molecule has 182 valence electrons. The molecular formula is C28H38N4OS. The fourth-order valence-electron chi connectivity index (χ4n) is 5.17. The van der Waals surface area contributed by atoms with Crippen molar-refractivity contribution in [2.24, 2.45) is 11.3 Å². The summed E-state index contributed by atoms with van der Waals surface area (Å²) in [6, 6.07) is 11.1. The normalized spacial score (nSPS) is 19.4. The first kappa shape index (κ1) is 24.9. The van der Waals surface area contributed by atoms with Gasteiger partial charge in [0.15, 0.2) is 0 Å². The molecule has 1 saturated heterocycles. The molecular weight excluding hydrogens is 440 g/mol. The van der Waals surface area contributed by atoms with Crippen LogP contribution in [0, 0.1) is 29.6 Å². The number of thiophene rings is 1. The molecule has 1 aliphatic carbocycles. The van der Waals surface area contributed by atoms with Crippen molar-refractivity contribution in [2.75, 3.05) is 38.0 Å². The number of nitriles is 1. The van der Waals surface area contributed by atoms with Crippen molar-refractivity contribution in [1.82, 2.24) is 9.80 Å². The minimum absolute atomic E-state index is 0.00693. The largest absolute Gasteiger partial charge is 0.315 e. The standard InChI is InChI=1S/C28H38N4OS/c1-5-28(3,4)22-10-11-23-24(17-29)27(34-25(23)16-22)30-26(33)19-32-14-12-31(13-15-32)18-21-8-6-20(2)7-9-21/h6-9,22H,5,10-16,18-19H2,1-4H3,(H,30,33). The molecule has 34 heavy (non-hydrogen) atoms. The summed E-state index contributed by atoms with van der Waals surface area (Å²) in [5, 5.41) is 13.7. The van der Waals surface area contributed by atoms with Crippen molar-refractivity contribution >= 4 is 22.2 Å². The molecule has 2 aromatic rings. The number of rotatable bonds is 7. The molecule has 1 atom stereocenters. The summed E-state index contributed by atoms with van der Waals surface area (Å²) in [6.07, 6.45) is 4.25. The van der Waals surface area contributed by atoms with E-state index in [0.29, 0.717) is 23.4 Å². The van der Waals surface area contributed by atoms with Crippen molar-refractivity contribution in [3.8, 4) is 6.07 Å². The molecule has 6 heteroatoms. The number of anilines is 1. The number of nitrogens with one attached hydrogen (secondary N) is 1. The van der Waals surface area contributed by atoms with Gasteiger partial charge in [-0.2, -0.15) is 5.26 Å². The average Bonchev–Trinajstić information content (AvgIpc) is 3.17. The van der Waals surface area contributed by atoms with Gasteiger partial charge in [0.25, 0.3) is 0 Å². The Balaban J connectivity index is 1.31. The Morgan fingerprint density at radius 1 is 1.18 bits per heavy atom. The fraction of sp³-hybridized carbons (Fsp3) is 0.571. The first-order valence-corrected chi connectivity index (χ1v) is 13.5.